The van der Waals surface area contributed by atoms with E-state index in [4.69, 9.17) is 0 Å². The normalized spacial score (nSPS) is 38.4. The highest BCUT2D eigenvalue weighted by atomic mass is 32.2. The predicted octanol–water partition coefficient (Wildman–Crippen LogP) is 3.85. The van der Waals surface area contributed by atoms with Gasteiger partial charge in [0.05, 0.1) is 0 Å². The number of benzene rings is 1. The lowest BCUT2D eigenvalue weighted by Gasteiger charge is -2.51. The first kappa shape index (κ1) is 10.3. The van der Waals surface area contributed by atoms with Crippen LogP contribution < -0.4 is 0 Å². The van der Waals surface area contributed by atoms with Crippen LogP contribution in [-0.2, 0) is 12.8 Å². The van der Waals surface area contributed by atoms with E-state index < -0.39 is 0 Å². The Morgan fingerprint density at radius 3 is 1.88 bits per heavy atom. The van der Waals surface area contributed by atoms with Crippen molar-refractivity contribution >= 4 is 11.8 Å². The van der Waals surface area contributed by atoms with Crippen molar-refractivity contribution in [2.24, 2.45) is 10.8 Å². The van der Waals surface area contributed by atoms with Gasteiger partial charge in [-0.05, 0) is 47.6 Å². The highest BCUT2D eigenvalue weighted by molar-refractivity contribution is 7.99. The fraction of sp³-hybridized carbons (Fsp3) is 0.500. The van der Waals surface area contributed by atoms with Crippen LogP contribution in [0.5, 0.6) is 0 Å². The van der Waals surface area contributed by atoms with Crippen LogP contribution in [-0.4, -0.2) is 11.5 Å². The van der Waals surface area contributed by atoms with Gasteiger partial charge in [0.15, 0.2) is 0 Å². The van der Waals surface area contributed by atoms with Gasteiger partial charge in [0, 0.05) is 11.5 Å². The first-order chi connectivity index (χ1) is 8.34. The average molecular weight is 242 g/mol. The molecular formula is C16H18S. The Labute approximate surface area is 107 Å². The molecule has 0 aromatic heterocycles. The van der Waals surface area contributed by atoms with E-state index in [1.807, 2.05) is 0 Å². The second kappa shape index (κ2) is 3.41. The number of thioether (sulfide) groups is 1. The van der Waals surface area contributed by atoms with Crippen molar-refractivity contribution in [2.45, 2.75) is 25.7 Å². The zero-order valence-electron chi connectivity index (χ0n) is 10.1. The zero-order valence-corrected chi connectivity index (χ0v) is 10.9. The Hall–Kier alpha value is -0.690. The molecule has 0 N–H and O–H groups in total. The van der Waals surface area contributed by atoms with Crippen LogP contribution >= 0.6 is 11.8 Å². The summed E-state index contributed by atoms with van der Waals surface area (Å²) in [5.74, 6) is 2.76. The molecule has 0 radical (unpaired) electrons. The molecule has 4 rings (SSSR count). The van der Waals surface area contributed by atoms with E-state index in [9.17, 15) is 0 Å². The standard InChI is InChI=1S/C16H18S/c1-2-6-14-10-16-8-4-3-7-15(16,11-17-12-16)9-13(14)5-1/h1-6H,7-12H2/t15-,16+. The first-order valence-electron chi connectivity index (χ1n) is 6.63. The molecular weight excluding hydrogens is 224 g/mol. The molecule has 17 heavy (non-hydrogen) atoms. The van der Waals surface area contributed by atoms with Crippen molar-refractivity contribution in [3.8, 4) is 0 Å². The maximum absolute atomic E-state index is 2.44. The van der Waals surface area contributed by atoms with Gasteiger partial charge >= 0.3 is 0 Å². The summed E-state index contributed by atoms with van der Waals surface area (Å²) in [5, 5.41) is 0. The summed E-state index contributed by atoms with van der Waals surface area (Å²) in [4.78, 5) is 0. The monoisotopic (exact) mass is 242 g/mol. The number of rotatable bonds is 0. The summed E-state index contributed by atoms with van der Waals surface area (Å²) in [7, 11) is 0. The Balaban J connectivity index is 1.87. The lowest BCUT2D eigenvalue weighted by molar-refractivity contribution is 0.0756. The highest BCUT2D eigenvalue weighted by Gasteiger charge is 2.56. The summed E-state index contributed by atoms with van der Waals surface area (Å²) in [6.45, 7) is 0. The molecule has 3 aliphatic rings. The third-order valence-electron chi connectivity index (χ3n) is 5.24. The van der Waals surface area contributed by atoms with Gasteiger partial charge in [-0.3, -0.25) is 0 Å². The van der Waals surface area contributed by atoms with Crippen LogP contribution in [0.25, 0.3) is 0 Å². The van der Waals surface area contributed by atoms with Gasteiger partial charge in [-0.25, -0.2) is 0 Å². The van der Waals surface area contributed by atoms with E-state index in [-0.39, 0.29) is 0 Å². The van der Waals surface area contributed by atoms with Gasteiger partial charge in [0.2, 0.25) is 0 Å². The lowest BCUT2D eigenvalue weighted by atomic mass is 9.52. The third-order valence-corrected chi connectivity index (χ3v) is 6.76. The van der Waals surface area contributed by atoms with Crippen molar-refractivity contribution < 1.29 is 0 Å². The molecule has 2 atom stereocenters. The summed E-state index contributed by atoms with van der Waals surface area (Å²) < 4.78 is 0. The van der Waals surface area contributed by atoms with Crippen LogP contribution in [0, 0.1) is 10.8 Å². The van der Waals surface area contributed by atoms with Gasteiger partial charge in [-0.15, -0.1) is 0 Å². The van der Waals surface area contributed by atoms with E-state index in [1.165, 1.54) is 37.2 Å². The van der Waals surface area contributed by atoms with Crippen LogP contribution in [0.2, 0.25) is 0 Å². The van der Waals surface area contributed by atoms with Crippen LogP contribution in [0.3, 0.4) is 0 Å². The van der Waals surface area contributed by atoms with E-state index in [2.05, 4.69) is 48.2 Å². The molecule has 0 saturated carbocycles. The van der Waals surface area contributed by atoms with Crippen molar-refractivity contribution in [1.82, 2.24) is 0 Å². The molecule has 0 bridgehead atoms. The van der Waals surface area contributed by atoms with Gasteiger partial charge < -0.3 is 0 Å². The van der Waals surface area contributed by atoms with Crippen LogP contribution in [0.4, 0.5) is 0 Å². The summed E-state index contributed by atoms with van der Waals surface area (Å²) in [5.41, 5.74) is 4.42. The highest BCUT2D eigenvalue weighted by Crippen LogP contribution is 2.62. The Kier molecular flexibility index (Phi) is 2.06. The number of fused-ring (bicyclic) bond motifs is 1. The topological polar surface area (TPSA) is 0 Å². The minimum atomic E-state index is 0.584. The summed E-state index contributed by atoms with van der Waals surface area (Å²) in [6.07, 6.45) is 10.2. The molecule has 1 aromatic rings. The minimum Gasteiger partial charge on any atom is -0.161 e. The molecule has 0 unspecified atom stereocenters. The van der Waals surface area contributed by atoms with E-state index in [1.54, 1.807) is 11.1 Å². The van der Waals surface area contributed by atoms with Crippen molar-refractivity contribution in [3.63, 3.8) is 0 Å². The second-order valence-corrected chi connectivity index (χ2v) is 7.04. The van der Waals surface area contributed by atoms with Crippen LogP contribution in [0.15, 0.2) is 36.4 Å². The Morgan fingerprint density at radius 2 is 1.35 bits per heavy atom. The van der Waals surface area contributed by atoms with Gasteiger partial charge in [-0.1, -0.05) is 36.4 Å². The molecule has 1 aliphatic heterocycles. The van der Waals surface area contributed by atoms with E-state index >= 15 is 0 Å². The smallest absolute Gasteiger partial charge is 0.000143 e. The molecule has 0 spiro atoms. The van der Waals surface area contributed by atoms with Crippen molar-refractivity contribution in [3.05, 3.63) is 47.5 Å². The molecule has 2 aliphatic carbocycles. The molecule has 1 aromatic carbocycles. The Morgan fingerprint density at radius 1 is 0.824 bits per heavy atom. The molecule has 1 fully saturated rings. The molecule has 0 amide bonds. The maximum Gasteiger partial charge on any atom is 0.000143 e. The van der Waals surface area contributed by atoms with Gasteiger partial charge in [-0.2, -0.15) is 11.8 Å². The fourth-order valence-electron chi connectivity index (χ4n) is 4.17. The second-order valence-electron chi connectivity index (χ2n) is 6.06. The molecule has 0 nitrogen and oxygen atoms in total. The molecule has 88 valence electrons. The number of allylic oxidation sites excluding steroid dienone is 2. The van der Waals surface area contributed by atoms with Gasteiger partial charge in [0.25, 0.3) is 0 Å². The SMILES string of the molecule is C1=CC[C@]23CSC[C@@]2(C1)Cc1ccccc1C3. The number of hydrogen-bond donors (Lipinski definition) is 0. The Bertz CT molecular complexity index is 447. The molecule has 1 heteroatoms. The van der Waals surface area contributed by atoms with E-state index in [0.717, 1.165) is 0 Å². The quantitative estimate of drug-likeness (QED) is 0.623. The van der Waals surface area contributed by atoms with Crippen LogP contribution in [0.1, 0.15) is 24.0 Å². The minimum absolute atomic E-state index is 0.584. The predicted molar refractivity (Wildman–Crippen MR) is 74.4 cm³/mol. The average Bonchev–Trinajstić information content (AvgIpc) is 2.73. The lowest BCUT2D eigenvalue weighted by Crippen LogP contribution is -2.48. The summed E-state index contributed by atoms with van der Waals surface area (Å²) in [6, 6.07) is 9.14. The third kappa shape index (κ3) is 1.26. The molecule has 1 saturated heterocycles. The number of hydrogen-bond acceptors (Lipinski definition) is 1. The van der Waals surface area contributed by atoms with Crippen molar-refractivity contribution in [1.29, 1.82) is 0 Å². The van der Waals surface area contributed by atoms with Crippen molar-refractivity contribution in [2.75, 3.05) is 11.5 Å². The van der Waals surface area contributed by atoms with Gasteiger partial charge in [0.1, 0.15) is 0 Å². The maximum atomic E-state index is 2.44. The first-order valence-corrected chi connectivity index (χ1v) is 7.79. The zero-order chi connectivity index (χ0) is 11.3. The molecule has 1 heterocycles. The summed E-state index contributed by atoms with van der Waals surface area (Å²) >= 11 is 2.20. The van der Waals surface area contributed by atoms with E-state index in [0.29, 0.717) is 10.8 Å². The fourth-order valence-corrected chi connectivity index (χ4v) is 6.11. The largest absolute Gasteiger partial charge is 0.161 e.